The monoisotopic (exact) mass is 1060 g/mol. The van der Waals surface area contributed by atoms with Crippen LogP contribution in [0.15, 0.2) is 48.6 Å². The summed E-state index contributed by atoms with van der Waals surface area (Å²) in [5.74, 6) is -0.866. The molecule has 0 radical (unpaired) electrons. The smallest absolute Gasteiger partial charge is 0.306 e. The summed E-state index contributed by atoms with van der Waals surface area (Å²) in [4.78, 5) is 38.2. The Labute approximate surface area is 473 Å². The van der Waals surface area contributed by atoms with E-state index in [0.717, 1.165) is 89.9 Å². The van der Waals surface area contributed by atoms with Crippen molar-refractivity contribution in [3.8, 4) is 0 Å². The highest BCUT2D eigenvalue weighted by molar-refractivity contribution is 5.71. The van der Waals surface area contributed by atoms with Gasteiger partial charge < -0.3 is 14.2 Å². The Bertz CT molecular complexity index is 1310. The fraction of sp³-hybridized carbons (Fsp3) is 0.843. The van der Waals surface area contributed by atoms with E-state index in [9.17, 15) is 14.4 Å². The molecule has 0 bridgehead atoms. The van der Waals surface area contributed by atoms with Crippen molar-refractivity contribution in [3.05, 3.63) is 48.6 Å². The molecule has 0 aliphatic rings. The van der Waals surface area contributed by atoms with Gasteiger partial charge >= 0.3 is 17.9 Å². The molecule has 1 unspecified atom stereocenters. The summed E-state index contributed by atoms with van der Waals surface area (Å²) in [6.45, 7) is 6.64. The zero-order valence-electron chi connectivity index (χ0n) is 51.0. The lowest BCUT2D eigenvalue weighted by atomic mass is 10.0. The van der Waals surface area contributed by atoms with E-state index in [2.05, 4.69) is 69.4 Å². The second-order valence-electron chi connectivity index (χ2n) is 22.7. The van der Waals surface area contributed by atoms with Gasteiger partial charge in [-0.2, -0.15) is 0 Å². The highest BCUT2D eigenvalue weighted by Crippen LogP contribution is 2.18. The fourth-order valence-electron chi connectivity index (χ4n) is 9.98. The maximum atomic E-state index is 12.9. The molecule has 0 saturated carbocycles. The maximum absolute atomic E-state index is 12.9. The topological polar surface area (TPSA) is 78.9 Å². The molecule has 444 valence electrons. The van der Waals surface area contributed by atoms with E-state index >= 15 is 0 Å². The van der Waals surface area contributed by atoms with E-state index in [4.69, 9.17) is 14.2 Å². The Kier molecular flexibility index (Phi) is 62.6. The minimum absolute atomic E-state index is 0.0739. The third kappa shape index (κ3) is 62.2. The van der Waals surface area contributed by atoms with Crippen molar-refractivity contribution in [1.82, 2.24) is 0 Å². The van der Waals surface area contributed by atoms with Gasteiger partial charge in [-0.3, -0.25) is 14.4 Å². The molecular formula is C70H128O6. The van der Waals surface area contributed by atoms with Crippen LogP contribution >= 0.6 is 0 Å². The minimum atomic E-state index is -0.777. The van der Waals surface area contributed by atoms with Gasteiger partial charge in [-0.15, -0.1) is 0 Å². The first-order chi connectivity index (χ1) is 37.5. The van der Waals surface area contributed by atoms with Crippen LogP contribution in [0.3, 0.4) is 0 Å². The predicted octanol–water partition coefficient (Wildman–Crippen LogP) is 22.9. The fourth-order valence-corrected chi connectivity index (χ4v) is 9.98. The average molecular weight is 1070 g/mol. The van der Waals surface area contributed by atoms with E-state index in [1.165, 1.54) is 231 Å². The van der Waals surface area contributed by atoms with Crippen molar-refractivity contribution in [2.45, 2.75) is 367 Å². The number of unbranched alkanes of at least 4 members (excludes halogenated alkanes) is 43. The molecule has 76 heavy (non-hydrogen) atoms. The van der Waals surface area contributed by atoms with Crippen molar-refractivity contribution in [2.75, 3.05) is 13.2 Å². The number of hydrogen-bond donors (Lipinski definition) is 0. The first-order valence-corrected chi connectivity index (χ1v) is 33.6. The standard InChI is InChI=1S/C70H128O6/c1-4-7-10-13-16-19-22-25-27-28-29-30-31-32-33-34-35-36-37-38-39-40-41-42-44-45-48-51-54-57-60-63-69(72)75-66-67(65-74-68(71)62-59-56-53-50-47-24-21-18-15-12-9-6-3)76-70(73)64-61-58-55-52-49-46-43-26-23-20-17-14-11-8-5-2/h17,20,22,25-26,28-29,43,67H,4-16,18-19,21,23-24,27,30-42,44-66H2,1-3H3/b20-17-,25-22-,29-28-,43-26-. The summed E-state index contributed by atoms with van der Waals surface area (Å²) in [5, 5.41) is 0. The first-order valence-electron chi connectivity index (χ1n) is 33.6. The summed E-state index contributed by atoms with van der Waals surface area (Å²) in [6, 6.07) is 0. The molecule has 1 atom stereocenters. The van der Waals surface area contributed by atoms with Crippen LogP contribution in [0.1, 0.15) is 361 Å². The van der Waals surface area contributed by atoms with Crippen LogP contribution in [0.2, 0.25) is 0 Å². The molecule has 0 fully saturated rings. The molecule has 0 aliphatic carbocycles. The number of hydrogen-bond acceptors (Lipinski definition) is 6. The molecule has 0 aliphatic heterocycles. The van der Waals surface area contributed by atoms with Crippen molar-refractivity contribution in [3.63, 3.8) is 0 Å². The molecular weight excluding hydrogens is 937 g/mol. The van der Waals surface area contributed by atoms with Crippen molar-refractivity contribution < 1.29 is 28.6 Å². The largest absolute Gasteiger partial charge is 0.462 e. The van der Waals surface area contributed by atoms with E-state index < -0.39 is 6.10 Å². The number of carbonyl (C=O) groups is 3. The number of rotatable bonds is 62. The summed E-state index contributed by atoms with van der Waals surface area (Å²) >= 11 is 0. The van der Waals surface area contributed by atoms with Crippen LogP contribution in [-0.2, 0) is 28.6 Å². The third-order valence-corrected chi connectivity index (χ3v) is 15.1. The minimum Gasteiger partial charge on any atom is -0.462 e. The molecule has 0 saturated heterocycles. The van der Waals surface area contributed by atoms with Gasteiger partial charge in [-0.25, -0.2) is 0 Å². The SMILES string of the molecule is CCCCC/C=C\C/C=C\CCCCCCCC(=O)OC(COC(=O)CCCCCCCCCCCCCC)COC(=O)CCCCCCCCCCCCCCCCCCCCC/C=C\C/C=C\CCCCCCC. The van der Waals surface area contributed by atoms with E-state index in [-0.39, 0.29) is 31.1 Å². The number of carbonyl (C=O) groups excluding carboxylic acids is 3. The van der Waals surface area contributed by atoms with Gasteiger partial charge in [-0.1, -0.05) is 307 Å². The summed E-state index contributed by atoms with van der Waals surface area (Å²) in [7, 11) is 0. The lowest BCUT2D eigenvalue weighted by Gasteiger charge is -2.18. The lowest BCUT2D eigenvalue weighted by Crippen LogP contribution is -2.30. The van der Waals surface area contributed by atoms with Gasteiger partial charge in [0.25, 0.3) is 0 Å². The van der Waals surface area contributed by atoms with E-state index in [1.807, 2.05) is 0 Å². The van der Waals surface area contributed by atoms with E-state index in [0.29, 0.717) is 19.3 Å². The summed E-state index contributed by atoms with van der Waals surface area (Å²) in [5.41, 5.74) is 0. The van der Waals surface area contributed by atoms with Crippen molar-refractivity contribution in [1.29, 1.82) is 0 Å². The van der Waals surface area contributed by atoms with Crippen LogP contribution in [0.25, 0.3) is 0 Å². The molecule has 0 aromatic carbocycles. The quantitative estimate of drug-likeness (QED) is 0.0261. The molecule has 6 heteroatoms. The molecule has 0 heterocycles. The van der Waals surface area contributed by atoms with Crippen molar-refractivity contribution in [2.24, 2.45) is 0 Å². The molecule has 0 N–H and O–H groups in total. The second kappa shape index (κ2) is 64.9. The maximum Gasteiger partial charge on any atom is 0.306 e. The Morgan fingerprint density at radius 1 is 0.263 bits per heavy atom. The number of esters is 3. The van der Waals surface area contributed by atoms with Crippen LogP contribution in [0, 0.1) is 0 Å². The van der Waals surface area contributed by atoms with Gasteiger partial charge in [0.05, 0.1) is 0 Å². The number of allylic oxidation sites excluding steroid dienone is 8. The highest BCUT2D eigenvalue weighted by Gasteiger charge is 2.19. The van der Waals surface area contributed by atoms with Crippen molar-refractivity contribution >= 4 is 17.9 Å². The third-order valence-electron chi connectivity index (χ3n) is 15.1. The van der Waals surface area contributed by atoms with Gasteiger partial charge in [0.1, 0.15) is 13.2 Å². The number of ether oxygens (including phenoxy) is 3. The molecule has 0 amide bonds. The molecule has 0 aromatic rings. The van der Waals surface area contributed by atoms with Crippen LogP contribution in [-0.4, -0.2) is 37.2 Å². The Balaban J connectivity index is 4.12. The van der Waals surface area contributed by atoms with Gasteiger partial charge in [-0.05, 0) is 83.5 Å². The van der Waals surface area contributed by atoms with Crippen LogP contribution in [0.4, 0.5) is 0 Å². The zero-order valence-corrected chi connectivity index (χ0v) is 51.0. The Hall–Kier alpha value is -2.63. The molecule has 0 spiro atoms. The second-order valence-corrected chi connectivity index (χ2v) is 22.7. The Morgan fingerprint density at radius 2 is 0.474 bits per heavy atom. The highest BCUT2D eigenvalue weighted by atomic mass is 16.6. The normalized spacial score (nSPS) is 12.3. The molecule has 0 rings (SSSR count). The molecule has 0 aromatic heterocycles. The molecule has 6 nitrogen and oxygen atoms in total. The Morgan fingerprint density at radius 3 is 0.750 bits per heavy atom. The van der Waals surface area contributed by atoms with Crippen LogP contribution in [0.5, 0.6) is 0 Å². The summed E-state index contributed by atoms with van der Waals surface area (Å²) < 4.78 is 16.9. The van der Waals surface area contributed by atoms with Gasteiger partial charge in [0.2, 0.25) is 0 Å². The van der Waals surface area contributed by atoms with Crippen LogP contribution < -0.4 is 0 Å². The zero-order chi connectivity index (χ0) is 55.0. The predicted molar refractivity (Wildman–Crippen MR) is 330 cm³/mol. The average Bonchev–Trinajstić information content (AvgIpc) is 3.42. The lowest BCUT2D eigenvalue weighted by molar-refractivity contribution is -0.167. The summed E-state index contributed by atoms with van der Waals surface area (Å²) in [6.07, 6.45) is 81.4. The van der Waals surface area contributed by atoms with E-state index in [1.54, 1.807) is 0 Å². The first kappa shape index (κ1) is 73.4. The van der Waals surface area contributed by atoms with Gasteiger partial charge in [0.15, 0.2) is 6.10 Å². The van der Waals surface area contributed by atoms with Gasteiger partial charge in [0, 0.05) is 19.3 Å².